The van der Waals surface area contributed by atoms with Crippen LogP contribution in [-0.2, 0) is 16.1 Å². The van der Waals surface area contributed by atoms with Crippen LogP contribution in [0, 0.1) is 0 Å². The summed E-state index contributed by atoms with van der Waals surface area (Å²) in [5, 5.41) is 2.38. The molecule has 0 bridgehead atoms. The highest BCUT2D eigenvalue weighted by atomic mass is 16.5. The minimum Gasteiger partial charge on any atom is -0.461 e. The van der Waals surface area contributed by atoms with E-state index in [-0.39, 0.29) is 18.6 Å². The Labute approximate surface area is 135 Å². The van der Waals surface area contributed by atoms with Gasteiger partial charge in [-0.2, -0.15) is 0 Å². The number of hydrogen-bond donors (Lipinski definition) is 0. The molecule has 0 unspecified atom stereocenters. The SMILES string of the molecule is O=C(Cn1c2ccccc2c2ccccc21)OC1CCCCC1. The molecular weight excluding hydrogens is 286 g/mol. The molecule has 0 aliphatic heterocycles. The molecule has 1 fully saturated rings. The van der Waals surface area contributed by atoms with Crippen LogP contribution in [0.3, 0.4) is 0 Å². The lowest BCUT2D eigenvalue weighted by Gasteiger charge is -2.22. The van der Waals surface area contributed by atoms with E-state index in [1.807, 2.05) is 24.3 Å². The number of benzene rings is 2. The summed E-state index contributed by atoms with van der Waals surface area (Å²) in [4.78, 5) is 12.4. The molecule has 1 aliphatic carbocycles. The number of hydrogen-bond acceptors (Lipinski definition) is 2. The standard InChI is InChI=1S/C20H21NO2/c22-20(23-15-8-2-1-3-9-15)14-21-18-12-6-4-10-16(18)17-11-5-7-13-19(17)21/h4-7,10-13,15H,1-3,8-9,14H2. The first kappa shape index (κ1) is 14.3. The van der Waals surface area contributed by atoms with Gasteiger partial charge in [0.2, 0.25) is 0 Å². The summed E-state index contributed by atoms with van der Waals surface area (Å²) in [5.74, 6) is -0.122. The summed E-state index contributed by atoms with van der Waals surface area (Å²) in [7, 11) is 0. The van der Waals surface area contributed by atoms with Crippen molar-refractivity contribution < 1.29 is 9.53 Å². The van der Waals surface area contributed by atoms with E-state index in [0.29, 0.717) is 0 Å². The normalized spacial score (nSPS) is 16.0. The molecule has 1 aromatic heterocycles. The predicted molar refractivity (Wildman–Crippen MR) is 92.4 cm³/mol. The fourth-order valence-electron chi connectivity index (χ4n) is 3.71. The molecule has 0 N–H and O–H groups in total. The van der Waals surface area contributed by atoms with Gasteiger partial charge in [0.1, 0.15) is 12.6 Å². The van der Waals surface area contributed by atoms with Gasteiger partial charge in [-0.3, -0.25) is 4.79 Å². The number of carbonyl (C=O) groups excluding carboxylic acids is 1. The van der Waals surface area contributed by atoms with Crippen molar-refractivity contribution in [1.82, 2.24) is 4.57 Å². The zero-order valence-corrected chi connectivity index (χ0v) is 13.2. The van der Waals surface area contributed by atoms with Gasteiger partial charge in [-0.1, -0.05) is 42.8 Å². The molecule has 1 aliphatic rings. The molecule has 1 saturated carbocycles. The Bertz CT molecular complexity index is 790. The molecule has 0 spiro atoms. The molecule has 3 heteroatoms. The van der Waals surface area contributed by atoms with Crippen LogP contribution < -0.4 is 0 Å². The van der Waals surface area contributed by atoms with Crippen LogP contribution in [-0.4, -0.2) is 16.6 Å². The van der Waals surface area contributed by atoms with Crippen molar-refractivity contribution in [2.75, 3.05) is 0 Å². The molecule has 0 amide bonds. The smallest absolute Gasteiger partial charge is 0.326 e. The van der Waals surface area contributed by atoms with E-state index in [2.05, 4.69) is 28.8 Å². The van der Waals surface area contributed by atoms with Crippen LogP contribution in [0.2, 0.25) is 0 Å². The Morgan fingerprint density at radius 2 is 1.48 bits per heavy atom. The highest BCUT2D eigenvalue weighted by Gasteiger charge is 2.19. The summed E-state index contributed by atoms with van der Waals surface area (Å²) in [6, 6.07) is 16.5. The van der Waals surface area contributed by atoms with Crippen molar-refractivity contribution in [1.29, 1.82) is 0 Å². The van der Waals surface area contributed by atoms with Gasteiger partial charge < -0.3 is 9.30 Å². The lowest BCUT2D eigenvalue weighted by molar-refractivity contribution is -0.151. The second-order valence-electron chi connectivity index (χ2n) is 6.37. The third-order valence-corrected chi connectivity index (χ3v) is 4.82. The van der Waals surface area contributed by atoms with Gasteiger partial charge in [-0.05, 0) is 37.8 Å². The van der Waals surface area contributed by atoms with Crippen LogP contribution >= 0.6 is 0 Å². The molecule has 1 heterocycles. The van der Waals surface area contributed by atoms with Gasteiger partial charge in [0.15, 0.2) is 0 Å². The van der Waals surface area contributed by atoms with Crippen LogP contribution in [0.1, 0.15) is 32.1 Å². The van der Waals surface area contributed by atoms with Crippen LogP contribution in [0.5, 0.6) is 0 Å². The molecule has 0 saturated heterocycles. The Morgan fingerprint density at radius 3 is 2.09 bits per heavy atom. The average Bonchev–Trinajstić information content (AvgIpc) is 2.90. The van der Waals surface area contributed by atoms with Gasteiger partial charge in [0.25, 0.3) is 0 Å². The number of nitrogens with zero attached hydrogens (tertiary/aromatic N) is 1. The van der Waals surface area contributed by atoms with Crippen molar-refractivity contribution >= 4 is 27.8 Å². The lowest BCUT2D eigenvalue weighted by atomic mass is 9.98. The van der Waals surface area contributed by atoms with Gasteiger partial charge >= 0.3 is 5.97 Å². The number of aromatic nitrogens is 1. The maximum atomic E-state index is 12.4. The molecule has 0 radical (unpaired) electrons. The van der Waals surface area contributed by atoms with Gasteiger partial charge in [-0.25, -0.2) is 0 Å². The van der Waals surface area contributed by atoms with E-state index < -0.39 is 0 Å². The van der Waals surface area contributed by atoms with E-state index in [1.54, 1.807) is 0 Å². The summed E-state index contributed by atoms with van der Waals surface area (Å²) in [6.07, 6.45) is 5.75. The largest absolute Gasteiger partial charge is 0.461 e. The molecule has 118 valence electrons. The Balaban J connectivity index is 1.65. The average molecular weight is 307 g/mol. The topological polar surface area (TPSA) is 31.2 Å². The number of para-hydroxylation sites is 2. The monoisotopic (exact) mass is 307 g/mol. The van der Waals surface area contributed by atoms with E-state index >= 15 is 0 Å². The second-order valence-corrected chi connectivity index (χ2v) is 6.37. The first-order valence-corrected chi connectivity index (χ1v) is 8.48. The first-order valence-electron chi connectivity index (χ1n) is 8.48. The third kappa shape index (κ3) is 2.72. The lowest BCUT2D eigenvalue weighted by Crippen LogP contribution is -2.23. The minimum atomic E-state index is -0.122. The van der Waals surface area contributed by atoms with Gasteiger partial charge in [-0.15, -0.1) is 0 Å². The number of carbonyl (C=O) groups is 1. The second kappa shape index (κ2) is 6.07. The quantitative estimate of drug-likeness (QED) is 0.658. The third-order valence-electron chi connectivity index (χ3n) is 4.82. The van der Waals surface area contributed by atoms with Crippen molar-refractivity contribution in [3.63, 3.8) is 0 Å². The Morgan fingerprint density at radius 1 is 0.913 bits per heavy atom. The molecule has 23 heavy (non-hydrogen) atoms. The summed E-state index contributed by atoms with van der Waals surface area (Å²) in [6.45, 7) is 0.282. The zero-order chi connectivity index (χ0) is 15.6. The number of ether oxygens (including phenoxy) is 1. The van der Waals surface area contributed by atoms with Crippen LogP contribution in [0.25, 0.3) is 21.8 Å². The van der Waals surface area contributed by atoms with Crippen LogP contribution in [0.4, 0.5) is 0 Å². The van der Waals surface area contributed by atoms with Crippen molar-refractivity contribution in [3.05, 3.63) is 48.5 Å². The van der Waals surface area contributed by atoms with Gasteiger partial charge in [0, 0.05) is 21.8 Å². The van der Waals surface area contributed by atoms with E-state index in [0.717, 1.165) is 23.9 Å². The van der Waals surface area contributed by atoms with Crippen molar-refractivity contribution in [3.8, 4) is 0 Å². The summed E-state index contributed by atoms with van der Waals surface area (Å²) < 4.78 is 7.78. The molecular formula is C20H21NO2. The number of rotatable bonds is 3. The molecule has 3 aromatic rings. The minimum absolute atomic E-state index is 0.115. The highest BCUT2D eigenvalue weighted by molar-refractivity contribution is 6.08. The summed E-state index contributed by atoms with van der Waals surface area (Å²) in [5.41, 5.74) is 2.18. The fourth-order valence-corrected chi connectivity index (χ4v) is 3.71. The zero-order valence-electron chi connectivity index (χ0n) is 13.2. The molecule has 2 aromatic carbocycles. The van der Waals surface area contributed by atoms with E-state index in [4.69, 9.17) is 4.74 Å². The number of fused-ring (bicyclic) bond motifs is 3. The molecule has 4 rings (SSSR count). The maximum absolute atomic E-state index is 12.4. The van der Waals surface area contributed by atoms with E-state index in [9.17, 15) is 4.79 Å². The predicted octanol–water partition coefficient (Wildman–Crippen LogP) is 4.67. The van der Waals surface area contributed by atoms with Crippen LogP contribution in [0.15, 0.2) is 48.5 Å². The number of esters is 1. The fraction of sp³-hybridized carbons (Fsp3) is 0.350. The molecule has 3 nitrogen and oxygen atoms in total. The van der Waals surface area contributed by atoms with Crippen molar-refractivity contribution in [2.24, 2.45) is 0 Å². The Kier molecular flexibility index (Phi) is 3.78. The molecule has 0 atom stereocenters. The van der Waals surface area contributed by atoms with E-state index in [1.165, 1.54) is 30.0 Å². The Hall–Kier alpha value is -2.29. The maximum Gasteiger partial charge on any atom is 0.326 e. The summed E-state index contributed by atoms with van der Waals surface area (Å²) >= 11 is 0. The van der Waals surface area contributed by atoms with Crippen molar-refractivity contribution in [2.45, 2.75) is 44.8 Å². The first-order chi connectivity index (χ1) is 11.3. The highest BCUT2D eigenvalue weighted by Crippen LogP contribution is 2.29. The van der Waals surface area contributed by atoms with Gasteiger partial charge in [0.05, 0.1) is 0 Å².